The van der Waals surface area contributed by atoms with Gasteiger partial charge in [0.1, 0.15) is 0 Å². The second-order valence-corrected chi connectivity index (χ2v) is 7.60. The van der Waals surface area contributed by atoms with E-state index in [4.69, 9.17) is 4.74 Å². The minimum atomic E-state index is -0.181. The summed E-state index contributed by atoms with van der Waals surface area (Å²) in [4.78, 5) is 2.42. The van der Waals surface area contributed by atoms with Gasteiger partial charge in [-0.1, -0.05) is 11.6 Å². The van der Waals surface area contributed by atoms with Gasteiger partial charge in [0.2, 0.25) is 0 Å². The highest BCUT2D eigenvalue weighted by Gasteiger charge is 2.37. The number of aliphatic hydroxyl groups excluding tert-OH is 1. The Labute approximate surface area is 132 Å². The molecule has 0 aromatic carbocycles. The highest BCUT2D eigenvalue weighted by molar-refractivity contribution is 4.98. The summed E-state index contributed by atoms with van der Waals surface area (Å²) < 4.78 is 7.60. The van der Waals surface area contributed by atoms with Crippen LogP contribution in [0.15, 0.2) is 6.20 Å². The predicted octanol–water partition coefficient (Wildman–Crippen LogP) is 1.39. The zero-order valence-electron chi connectivity index (χ0n) is 13.9. The predicted molar refractivity (Wildman–Crippen MR) is 83.4 cm³/mol. The quantitative estimate of drug-likeness (QED) is 0.914. The van der Waals surface area contributed by atoms with Crippen molar-refractivity contribution in [3.05, 3.63) is 11.9 Å². The monoisotopic (exact) mass is 308 g/mol. The van der Waals surface area contributed by atoms with E-state index in [0.717, 1.165) is 51.3 Å². The molecule has 22 heavy (non-hydrogen) atoms. The molecule has 1 saturated carbocycles. The maximum absolute atomic E-state index is 10.2. The molecule has 0 spiro atoms. The summed E-state index contributed by atoms with van der Waals surface area (Å²) in [6.07, 6.45) is 5.00. The van der Waals surface area contributed by atoms with E-state index in [1.54, 1.807) is 0 Å². The second kappa shape index (κ2) is 6.26. The number of morpholine rings is 1. The lowest BCUT2D eigenvalue weighted by atomic mass is 9.94. The lowest BCUT2D eigenvalue weighted by molar-refractivity contribution is -0.0540. The molecule has 6 heteroatoms. The van der Waals surface area contributed by atoms with Crippen LogP contribution in [0.5, 0.6) is 0 Å². The van der Waals surface area contributed by atoms with E-state index in [-0.39, 0.29) is 11.6 Å². The third-order valence-electron chi connectivity index (χ3n) is 4.90. The number of hydrogen-bond donors (Lipinski definition) is 1. The molecule has 1 aliphatic heterocycles. The number of nitrogens with zero attached hydrogens (tertiary/aromatic N) is 4. The van der Waals surface area contributed by atoms with Crippen LogP contribution in [0.25, 0.3) is 0 Å². The Balaban J connectivity index is 1.70. The van der Waals surface area contributed by atoms with E-state index in [0.29, 0.717) is 12.0 Å². The van der Waals surface area contributed by atoms with Crippen LogP contribution in [0.1, 0.15) is 45.7 Å². The fraction of sp³-hybridized carbons (Fsp3) is 0.875. The first-order valence-corrected chi connectivity index (χ1v) is 8.37. The molecule has 1 aliphatic carbocycles. The largest absolute Gasteiger partial charge is 0.393 e. The van der Waals surface area contributed by atoms with Crippen molar-refractivity contribution in [3.8, 4) is 0 Å². The van der Waals surface area contributed by atoms with Crippen LogP contribution >= 0.6 is 0 Å². The van der Waals surface area contributed by atoms with Crippen LogP contribution in [-0.2, 0) is 16.8 Å². The van der Waals surface area contributed by atoms with Crippen molar-refractivity contribution >= 4 is 0 Å². The van der Waals surface area contributed by atoms with Gasteiger partial charge < -0.3 is 9.84 Å². The average Bonchev–Trinajstić information content (AvgIpc) is 3.08. The number of rotatable bonds is 3. The Morgan fingerprint density at radius 1 is 1.36 bits per heavy atom. The molecule has 124 valence electrons. The lowest BCUT2D eigenvalue weighted by Crippen LogP contribution is -2.50. The SMILES string of the molecule is CC(C)(C)n1cc(CN2CCOCC2C2CCCC2O)nn1. The van der Waals surface area contributed by atoms with Gasteiger partial charge in [-0.2, -0.15) is 0 Å². The smallest absolute Gasteiger partial charge is 0.0967 e. The molecule has 3 unspecified atom stereocenters. The molecule has 1 saturated heterocycles. The average molecular weight is 308 g/mol. The van der Waals surface area contributed by atoms with Gasteiger partial charge in [-0.25, -0.2) is 4.68 Å². The fourth-order valence-electron chi connectivity index (χ4n) is 3.57. The van der Waals surface area contributed by atoms with Gasteiger partial charge in [0.05, 0.1) is 36.7 Å². The van der Waals surface area contributed by atoms with Gasteiger partial charge in [-0.05, 0) is 33.6 Å². The van der Waals surface area contributed by atoms with E-state index >= 15 is 0 Å². The summed E-state index contributed by atoms with van der Waals surface area (Å²) in [7, 11) is 0. The third kappa shape index (κ3) is 3.34. The Bertz CT molecular complexity index is 497. The fourth-order valence-corrected chi connectivity index (χ4v) is 3.57. The maximum Gasteiger partial charge on any atom is 0.0967 e. The van der Waals surface area contributed by atoms with E-state index in [1.165, 1.54) is 0 Å². The zero-order valence-corrected chi connectivity index (χ0v) is 13.9. The van der Waals surface area contributed by atoms with E-state index < -0.39 is 0 Å². The Kier molecular flexibility index (Phi) is 4.52. The molecular weight excluding hydrogens is 280 g/mol. The first-order valence-electron chi connectivity index (χ1n) is 8.37. The van der Waals surface area contributed by atoms with Gasteiger partial charge in [0.25, 0.3) is 0 Å². The molecule has 1 aromatic heterocycles. The summed E-state index contributed by atoms with van der Waals surface area (Å²) in [5.41, 5.74) is 0.950. The van der Waals surface area contributed by atoms with Crippen LogP contribution in [-0.4, -0.2) is 56.9 Å². The maximum atomic E-state index is 10.2. The van der Waals surface area contributed by atoms with Gasteiger partial charge in [0, 0.05) is 25.0 Å². The Hall–Kier alpha value is -0.980. The molecule has 0 bridgehead atoms. The van der Waals surface area contributed by atoms with Crippen LogP contribution in [0, 0.1) is 5.92 Å². The molecule has 0 radical (unpaired) electrons. The highest BCUT2D eigenvalue weighted by Crippen LogP contribution is 2.32. The van der Waals surface area contributed by atoms with Crippen molar-refractivity contribution in [1.82, 2.24) is 19.9 Å². The van der Waals surface area contributed by atoms with Gasteiger partial charge in [-0.3, -0.25) is 4.90 Å². The van der Waals surface area contributed by atoms with Crippen molar-refractivity contribution < 1.29 is 9.84 Å². The van der Waals surface area contributed by atoms with Crippen molar-refractivity contribution in [2.24, 2.45) is 5.92 Å². The number of aromatic nitrogens is 3. The molecule has 2 fully saturated rings. The van der Waals surface area contributed by atoms with Crippen LogP contribution < -0.4 is 0 Å². The number of aliphatic hydroxyl groups is 1. The van der Waals surface area contributed by atoms with Crippen LogP contribution in [0.3, 0.4) is 0 Å². The molecule has 0 amide bonds. The summed E-state index contributed by atoms with van der Waals surface area (Å²) in [5.74, 6) is 0.331. The van der Waals surface area contributed by atoms with E-state index in [2.05, 4.69) is 36.0 Å². The molecule has 6 nitrogen and oxygen atoms in total. The Morgan fingerprint density at radius 3 is 2.82 bits per heavy atom. The molecular formula is C16H28N4O2. The standard InChI is InChI=1S/C16H28N4O2/c1-16(2,3)20-10-12(17-18-20)9-19-7-8-22-11-14(19)13-5-4-6-15(13)21/h10,13-15,21H,4-9,11H2,1-3H3. The first kappa shape index (κ1) is 15.9. The van der Waals surface area contributed by atoms with Gasteiger partial charge >= 0.3 is 0 Å². The van der Waals surface area contributed by atoms with Crippen LogP contribution in [0.2, 0.25) is 0 Å². The normalized spacial score (nSPS) is 30.8. The number of hydrogen-bond acceptors (Lipinski definition) is 5. The van der Waals surface area contributed by atoms with Crippen molar-refractivity contribution in [3.63, 3.8) is 0 Å². The summed E-state index contributed by atoms with van der Waals surface area (Å²) >= 11 is 0. The van der Waals surface area contributed by atoms with E-state index in [9.17, 15) is 5.11 Å². The molecule has 2 heterocycles. The lowest BCUT2D eigenvalue weighted by Gasteiger charge is -2.39. The molecule has 1 aromatic rings. The number of ether oxygens (including phenoxy) is 1. The molecule has 3 atom stereocenters. The van der Waals surface area contributed by atoms with Crippen molar-refractivity contribution in [1.29, 1.82) is 0 Å². The molecule has 2 aliphatic rings. The van der Waals surface area contributed by atoms with Crippen LogP contribution in [0.4, 0.5) is 0 Å². The molecule has 3 rings (SSSR count). The summed E-state index contributed by atoms with van der Waals surface area (Å²) in [5, 5.41) is 18.8. The minimum absolute atomic E-state index is 0.0443. The molecule has 1 N–H and O–H groups in total. The summed E-state index contributed by atoms with van der Waals surface area (Å²) in [6, 6.07) is 0.297. The zero-order chi connectivity index (χ0) is 15.7. The van der Waals surface area contributed by atoms with Crippen molar-refractivity contribution in [2.75, 3.05) is 19.8 Å². The van der Waals surface area contributed by atoms with Gasteiger partial charge in [-0.15, -0.1) is 5.10 Å². The van der Waals surface area contributed by atoms with E-state index in [1.807, 2.05) is 10.9 Å². The minimum Gasteiger partial charge on any atom is -0.393 e. The first-order chi connectivity index (χ1) is 10.4. The second-order valence-electron chi connectivity index (χ2n) is 7.60. The highest BCUT2D eigenvalue weighted by atomic mass is 16.5. The van der Waals surface area contributed by atoms with Crippen molar-refractivity contribution in [2.45, 2.75) is 64.3 Å². The summed E-state index contributed by atoms with van der Waals surface area (Å²) in [6.45, 7) is 9.53. The topological polar surface area (TPSA) is 63.4 Å². The third-order valence-corrected chi connectivity index (χ3v) is 4.90. The Morgan fingerprint density at radius 2 is 2.18 bits per heavy atom. The van der Waals surface area contributed by atoms with Gasteiger partial charge in [0.15, 0.2) is 0 Å².